The summed E-state index contributed by atoms with van der Waals surface area (Å²) in [6.07, 6.45) is 4.03. The van der Waals surface area contributed by atoms with E-state index in [4.69, 9.17) is 4.74 Å². The number of hydrogen-bond donors (Lipinski definition) is 0. The molecule has 0 radical (unpaired) electrons. The molecular weight excluding hydrogens is 136 g/mol. The van der Waals surface area contributed by atoms with E-state index in [1.165, 1.54) is 0 Å². The summed E-state index contributed by atoms with van der Waals surface area (Å²) in [5.74, 6) is 0.562. The van der Waals surface area contributed by atoms with E-state index in [1.807, 2.05) is 6.08 Å². The molecule has 66 valence electrons. The Bertz CT molecular complexity index is 118. The van der Waals surface area contributed by atoms with E-state index in [1.54, 1.807) is 7.11 Å². The van der Waals surface area contributed by atoms with Crippen LogP contribution < -0.4 is 0 Å². The molecule has 0 bridgehead atoms. The Kier molecular flexibility index (Phi) is 4.43. The standard InChI is InChI=1S/C10H20O/c1-6-7-8-10(4,11-5)9(2)3/h6,9H,1,7-8H2,2-5H3/t10-/m0/s1. The van der Waals surface area contributed by atoms with E-state index >= 15 is 0 Å². The van der Waals surface area contributed by atoms with Gasteiger partial charge in [-0.3, -0.25) is 0 Å². The maximum Gasteiger partial charge on any atom is 0.0676 e. The van der Waals surface area contributed by atoms with Crippen LogP contribution in [0.2, 0.25) is 0 Å². The van der Waals surface area contributed by atoms with Crippen LogP contribution in [0.15, 0.2) is 12.7 Å². The Labute approximate surface area is 70.4 Å². The average molecular weight is 156 g/mol. The molecule has 0 N–H and O–H groups in total. The van der Waals surface area contributed by atoms with Crippen LogP contribution >= 0.6 is 0 Å². The second-order valence-electron chi connectivity index (χ2n) is 3.50. The monoisotopic (exact) mass is 156 g/mol. The van der Waals surface area contributed by atoms with Crippen molar-refractivity contribution in [3.63, 3.8) is 0 Å². The van der Waals surface area contributed by atoms with Gasteiger partial charge in [-0.05, 0) is 25.7 Å². The minimum atomic E-state index is 0.0220. The van der Waals surface area contributed by atoms with Crippen molar-refractivity contribution >= 4 is 0 Å². The smallest absolute Gasteiger partial charge is 0.0676 e. The summed E-state index contributed by atoms with van der Waals surface area (Å²) in [6.45, 7) is 10.2. The Balaban J connectivity index is 3.98. The Morgan fingerprint density at radius 2 is 2.09 bits per heavy atom. The lowest BCUT2D eigenvalue weighted by atomic mass is 9.88. The Morgan fingerprint density at radius 1 is 1.55 bits per heavy atom. The van der Waals surface area contributed by atoms with E-state index in [0.29, 0.717) is 5.92 Å². The Morgan fingerprint density at radius 3 is 2.36 bits per heavy atom. The number of allylic oxidation sites excluding steroid dienone is 1. The van der Waals surface area contributed by atoms with Gasteiger partial charge >= 0.3 is 0 Å². The van der Waals surface area contributed by atoms with Gasteiger partial charge in [0.25, 0.3) is 0 Å². The minimum absolute atomic E-state index is 0.0220. The molecule has 0 fully saturated rings. The Hall–Kier alpha value is -0.300. The molecular formula is C10H20O. The third-order valence-corrected chi connectivity index (χ3v) is 2.53. The molecule has 0 aliphatic carbocycles. The molecule has 11 heavy (non-hydrogen) atoms. The van der Waals surface area contributed by atoms with E-state index in [2.05, 4.69) is 27.4 Å². The lowest BCUT2D eigenvalue weighted by molar-refractivity contribution is -0.0377. The van der Waals surface area contributed by atoms with Gasteiger partial charge in [0.2, 0.25) is 0 Å². The first-order chi connectivity index (χ1) is 5.06. The summed E-state index contributed by atoms with van der Waals surface area (Å²) in [4.78, 5) is 0. The summed E-state index contributed by atoms with van der Waals surface area (Å²) in [5.41, 5.74) is 0.0220. The minimum Gasteiger partial charge on any atom is -0.378 e. The highest BCUT2D eigenvalue weighted by Crippen LogP contribution is 2.25. The molecule has 0 heterocycles. The maximum atomic E-state index is 5.45. The number of hydrogen-bond acceptors (Lipinski definition) is 1. The van der Waals surface area contributed by atoms with Crippen molar-refractivity contribution in [2.24, 2.45) is 5.92 Å². The topological polar surface area (TPSA) is 9.23 Å². The highest BCUT2D eigenvalue weighted by molar-refractivity contribution is 4.82. The van der Waals surface area contributed by atoms with Gasteiger partial charge in [-0.1, -0.05) is 19.9 Å². The highest BCUT2D eigenvalue weighted by Gasteiger charge is 2.26. The largest absolute Gasteiger partial charge is 0.378 e. The van der Waals surface area contributed by atoms with Crippen LogP contribution in [0.3, 0.4) is 0 Å². The van der Waals surface area contributed by atoms with Crippen LogP contribution in [-0.4, -0.2) is 12.7 Å². The molecule has 1 atom stereocenters. The lowest BCUT2D eigenvalue weighted by Crippen LogP contribution is -2.33. The second-order valence-corrected chi connectivity index (χ2v) is 3.50. The predicted octanol–water partition coefficient (Wildman–Crippen LogP) is 3.01. The van der Waals surface area contributed by atoms with E-state index in [-0.39, 0.29) is 5.60 Å². The lowest BCUT2D eigenvalue weighted by Gasteiger charge is -2.32. The van der Waals surface area contributed by atoms with Crippen molar-refractivity contribution in [2.45, 2.75) is 39.2 Å². The summed E-state index contributed by atoms with van der Waals surface area (Å²) in [6, 6.07) is 0. The van der Waals surface area contributed by atoms with Gasteiger partial charge in [0.15, 0.2) is 0 Å². The van der Waals surface area contributed by atoms with Gasteiger partial charge in [-0.2, -0.15) is 0 Å². The van der Waals surface area contributed by atoms with E-state index in [0.717, 1.165) is 12.8 Å². The second kappa shape index (κ2) is 4.55. The summed E-state index contributed by atoms with van der Waals surface area (Å²) in [7, 11) is 1.78. The molecule has 0 aromatic carbocycles. The van der Waals surface area contributed by atoms with Crippen LogP contribution in [-0.2, 0) is 4.74 Å². The first kappa shape index (κ1) is 10.7. The van der Waals surface area contributed by atoms with Crippen LogP contribution in [0.4, 0.5) is 0 Å². The van der Waals surface area contributed by atoms with Gasteiger partial charge in [0, 0.05) is 7.11 Å². The number of rotatable bonds is 5. The summed E-state index contributed by atoms with van der Waals surface area (Å²) < 4.78 is 5.45. The van der Waals surface area contributed by atoms with Gasteiger partial charge < -0.3 is 4.74 Å². The van der Waals surface area contributed by atoms with Gasteiger partial charge in [0.1, 0.15) is 0 Å². The predicted molar refractivity (Wildman–Crippen MR) is 49.7 cm³/mol. The summed E-state index contributed by atoms with van der Waals surface area (Å²) in [5, 5.41) is 0. The maximum absolute atomic E-state index is 5.45. The molecule has 0 aromatic rings. The van der Waals surface area contributed by atoms with Crippen LogP contribution in [0, 0.1) is 5.92 Å². The van der Waals surface area contributed by atoms with Crippen molar-refractivity contribution in [2.75, 3.05) is 7.11 Å². The number of ether oxygens (including phenoxy) is 1. The zero-order valence-corrected chi connectivity index (χ0v) is 8.18. The zero-order chi connectivity index (χ0) is 8.91. The normalized spacial score (nSPS) is 16.5. The zero-order valence-electron chi connectivity index (χ0n) is 8.18. The molecule has 1 heteroatoms. The van der Waals surface area contributed by atoms with Crippen molar-refractivity contribution < 1.29 is 4.74 Å². The van der Waals surface area contributed by atoms with Crippen molar-refractivity contribution in [3.05, 3.63) is 12.7 Å². The molecule has 0 aliphatic heterocycles. The highest BCUT2D eigenvalue weighted by atomic mass is 16.5. The van der Waals surface area contributed by atoms with E-state index < -0.39 is 0 Å². The van der Waals surface area contributed by atoms with Gasteiger partial charge in [-0.15, -0.1) is 6.58 Å². The van der Waals surface area contributed by atoms with Gasteiger partial charge in [0.05, 0.1) is 5.60 Å². The fraction of sp³-hybridized carbons (Fsp3) is 0.800. The molecule has 0 aliphatic rings. The van der Waals surface area contributed by atoms with Crippen LogP contribution in [0.5, 0.6) is 0 Å². The molecule has 0 rings (SSSR count). The summed E-state index contributed by atoms with van der Waals surface area (Å²) >= 11 is 0. The molecule has 0 saturated carbocycles. The fourth-order valence-electron chi connectivity index (χ4n) is 1.02. The number of methoxy groups -OCH3 is 1. The van der Waals surface area contributed by atoms with Crippen molar-refractivity contribution in [3.8, 4) is 0 Å². The quantitative estimate of drug-likeness (QED) is 0.556. The molecule has 0 unspecified atom stereocenters. The SMILES string of the molecule is C=CCC[C@](C)(OC)C(C)C. The van der Waals surface area contributed by atoms with E-state index in [9.17, 15) is 0 Å². The molecule has 0 aromatic heterocycles. The van der Waals surface area contributed by atoms with Gasteiger partial charge in [-0.25, -0.2) is 0 Å². The fourth-order valence-corrected chi connectivity index (χ4v) is 1.02. The van der Waals surface area contributed by atoms with Crippen LogP contribution in [0.25, 0.3) is 0 Å². The molecule has 0 spiro atoms. The molecule has 0 saturated heterocycles. The third-order valence-electron chi connectivity index (χ3n) is 2.53. The van der Waals surface area contributed by atoms with Crippen molar-refractivity contribution in [1.82, 2.24) is 0 Å². The molecule has 1 nitrogen and oxygen atoms in total. The third kappa shape index (κ3) is 3.06. The average Bonchev–Trinajstić information content (AvgIpc) is 2.00. The first-order valence-corrected chi connectivity index (χ1v) is 4.23. The molecule has 0 amide bonds. The van der Waals surface area contributed by atoms with Crippen LogP contribution in [0.1, 0.15) is 33.6 Å². The first-order valence-electron chi connectivity index (χ1n) is 4.23. The van der Waals surface area contributed by atoms with Crippen molar-refractivity contribution in [1.29, 1.82) is 0 Å².